The van der Waals surface area contributed by atoms with Crippen molar-refractivity contribution in [2.75, 3.05) is 7.11 Å². The molecule has 6 nitrogen and oxygen atoms in total. The van der Waals surface area contributed by atoms with Crippen LogP contribution in [-0.4, -0.2) is 31.4 Å². The fourth-order valence-corrected chi connectivity index (χ4v) is 2.43. The minimum atomic E-state index is -4.83. The monoisotopic (exact) mass is 432 g/mol. The highest BCUT2D eigenvalue weighted by Crippen LogP contribution is 2.26. The van der Waals surface area contributed by atoms with Crippen LogP contribution in [0.4, 0.5) is 13.2 Å². The van der Waals surface area contributed by atoms with E-state index in [1.165, 1.54) is 25.3 Å². The van der Waals surface area contributed by atoms with E-state index in [9.17, 15) is 22.8 Å². The molecule has 2 aromatic rings. The number of rotatable bonds is 7. The van der Waals surface area contributed by atoms with E-state index >= 15 is 0 Å². The van der Waals surface area contributed by atoms with Gasteiger partial charge in [-0.25, -0.2) is 4.79 Å². The lowest BCUT2D eigenvalue weighted by Gasteiger charge is -2.15. The van der Waals surface area contributed by atoms with E-state index < -0.39 is 24.3 Å². The first-order chi connectivity index (χ1) is 13.2. The number of esters is 1. The lowest BCUT2D eigenvalue weighted by molar-refractivity contribution is -0.274. The van der Waals surface area contributed by atoms with Gasteiger partial charge < -0.3 is 20.5 Å². The second-order valence-electron chi connectivity index (χ2n) is 5.87. The molecule has 0 spiro atoms. The van der Waals surface area contributed by atoms with Gasteiger partial charge in [0.2, 0.25) is 5.91 Å². The molecule has 0 aliphatic carbocycles. The van der Waals surface area contributed by atoms with Crippen molar-refractivity contribution in [2.45, 2.75) is 25.4 Å². The summed E-state index contributed by atoms with van der Waals surface area (Å²) in [5.74, 6) is -1.39. The molecule has 29 heavy (non-hydrogen) atoms. The molecule has 0 unspecified atom stereocenters. The molecule has 10 heteroatoms. The maximum Gasteiger partial charge on any atom is 0.573 e. The summed E-state index contributed by atoms with van der Waals surface area (Å²) in [5.41, 5.74) is 7.12. The zero-order chi connectivity index (χ0) is 20.7. The fraction of sp³-hybridized carbons (Fsp3) is 0.263. The number of amides is 1. The van der Waals surface area contributed by atoms with Crippen molar-refractivity contribution in [3.05, 3.63) is 65.2 Å². The van der Waals surface area contributed by atoms with Crippen LogP contribution in [0.25, 0.3) is 0 Å². The minimum Gasteiger partial charge on any atom is -0.465 e. The van der Waals surface area contributed by atoms with Gasteiger partial charge >= 0.3 is 12.3 Å². The maximum absolute atomic E-state index is 12.4. The third-order valence-electron chi connectivity index (χ3n) is 3.82. The van der Waals surface area contributed by atoms with Crippen LogP contribution in [-0.2, 0) is 22.5 Å². The SMILES string of the molecule is COC(=O)c1ccc(C[C@H](N)C(=O)NCc2ccccc2OC(F)(F)F)cc1.Cl. The number of para-hydroxylation sites is 1. The van der Waals surface area contributed by atoms with Gasteiger partial charge in [0.25, 0.3) is 0 Å². The molecular weight excluding hydrogens is 413 g/mol. The Labute approximate surface area is 171 Å². The normalized spacial score (nSPS) is 11.8. The molecule has 1 atom stereocenters. The average molecular weight is 433 g/mol. The van der Waals surface area contributed by atoms with Crippen LogP contribution in [0.15, 0.2) is 48.5 Å². The summed E-state index contributed by atoms with van der Waals surface area (Å²) in [4.78, 5) is 23.6. The topological polar surface area (TPSA) is 90.7 Å². The van der Waals surface area contributed by atoms with E-state index in [1.807, 2.05) is 0 Å². The number of carbonyl (C=O) groups excluding carboxylic acids is 2. The summed E-state index contributed by atoms with van der Waals surface area (Å²) in [7, 11) is 1.27. The third kappa shape index (κ3) is 7.63. The number of ether oxygens (including phenoxy) is 2. The largest absolute Gasteiger partial charge is 0.573 e. The predicted molar refractivity (Wildman–Crippen MR) is 102 cm³/mol. The van der Waals surface area contributed by atoms with Gasteiger partial charge in [-0.1, -0.05) is 30.3 Å². The van der Waals surface area contributed by atoms with Gasteiger partial charge in [-0.05, 0) is 30.2 Å². The van der Waals surface area contributed by atoms with Crippen molar-refractivity contribution in [3.8, 4) is 5.75 Å². The first kappa shape index (κ1) is 24.3. The molecule has 0 saturated carbocycles. The molecule has 158 valence electrons. The Morgan fingerprint density at radius 2 is 1.72 bits per heavy atom. The Kier molecular flexibility index (Phi) is 8.93. The van der Waals surface area contributed by atoms with E-state index in [2.05, 4.69) is 14.8 Å². The third-order valence-corrected chi connectivity index (χ3v) is 3.82. The van der Waals surface area contributed by atoms with E-state index in [4.69, 9.17) is 5.73 Å². The van der Waals surface area contributed by atoms with E-state index in [0.717, 1.165) is 11.6 Å². The lowest BCUT2D eigenvalue weighted by Crippen LogP contribution is -2.41. The molecule has 2 aromatic carbocycles. The highest BCUT2D eigenvalue weighted by atomic mass is 35.5. The standard InChI is InChI=1S/C19H19F3N2O4.ClH/c1-27-18(26)13-8-6-12(7-9-13)10-15(23)17(25)24-11-14-4-2-3-5-16(14)28-19(20,21)22;/h2-9,15H,10-11,23H2,1H3,(H,24,25);1H/t15-;/m0./s1. The van der Waals surface area contributed by atoms with Crippen molar-refractivity contribution in [3.63, 3.8) is 0 Å². The summed E-state index contributed by atoms with van der Waals surface area (Å²) in [6, 6.07) is 11.0. The van der Waals surface area contributed by atoms with Crippen LogP contribution in [0.5, 0.6) is 5.75 Å². The molecule has 3 N–H and O–H groups in total. The molecule has 1 amide bonds. The average Bonchev–Trinajstić information content (AvgIpc) is 2.65. The van der Waals surface area contributed by atoms with Crippen LogP contribution in [0, 0.1) is 0 Å². The van der Waals surface area contributed by atoms with E-state index in [1.54, 1.807) is 24.3 Å². The van der Waals surface area contributed by atoms with Gasteiger partial charge in [0.1, 0.15) is 5.75 Å². The number of halogens is 4. The van der Waals surface area contributed by atoms with Crippen LogP contribution in [0.3, 0.4) is 0 Å². The Bertz CT molecular complexity index is 829. The molecule has 0 aliphatic heterocycles. The lowest BCUT2D eigenvalue weighted by atomic mass is 10.0. The molecule has 2 rings (SSSR count). The number of hydrogen-bond acceptors (Lipinski definition) is 5. The molecule has 0 aromatic heterocycles. The Balaban J connectivity index is 0.00000420. The second-order valence-corrected chi connectivity index (χ2v) is 5.87. The summed E-state index contributed by atoms with van der Waals surface area (Å²) < 4.78 is 45.8. The number of benzene rings is 2. The van der Waals surface area contributed by atoms with Gasteiger partial charge in [-0.15, -0.1) is 25.6 Å². The number of nitrogens with two attached hydrogens (primary N) is 1. The Hall–Kier alpha value is -2.78. The van der Waals surface area contributed by atoms with Crippen LogP contribution in [0.1, 0.15) is 21.5 Å². The number of alkyl halides is 3. The van der Waals surface area contributed by atoms with Gasteiger partial charge in [0.15, 0.2) is 0 Å². The molecule has 0 fully saturated rings. The van der Waals surface area contributed by atoms with E-state index in [-0.39, 0.29) is 36.7 Å². The van der Waals surface area contributed by atoms with Crippen LogP contribution in [0.2, 0.25) is 0 Å². The summed E-state index contributed by atoms with van der Waals surface area (Å²) in [6.45, 7) is -0.167. The Morgan fingerprint density at radius 3 is 2.31 bits per heavy atom. The molecule has 0 radical (unpaired) electrons. The van der Waals surface area contributed by atoms with Crippen LogP contribution >= 0.6 is 12.4 Å². The van der Waals surface area contributed by atoms with Crippen LogP contribution < -0.4 is 15.8 Å². The van der Waals surface area contributed by atoms with Crippen molar-refractivity contribution in [1.29, 1.82) is 0 Å². The van der Waals surface area contributed by atoms with Gasteiger partial charge in [-0.3, -0.25) is 4.79 Å². The Morgan fingerprint density at radius 1 is 1.10 bits per heavy atom. The number of nitrogens with one attached hydrogen (secondary N) is 1. The molecular formula is C19H20ClF3N2O4. The highest BCUT2D eigenvalue weighted by molar-refractivity contribution is 5.89. The van der Waals surface area contributed by atoms with Gasteiger partial charge in [-0.2, -0.15) is 0 Å². The summed E-state index contributed by atoms with van der Waals surface area (Å²) in [5, 5.41) is 2.50. The smallest absolute Gasteiger partial charge is 0.465 e. The number of carbonyl (C=O) groups is 2. The van der Waals surface area contributed by atoms with Crippen molar-refractivity contribution in [1.82, 2.24) is 5.32 Å². The zero-order valence-electron chi connectivity index (χ0n) is 15.4. The summed E-state index contributed by atoms with van der Waals surface area (Å²) in [6.07, 6.45) is -4.64. The first-order valence-corrected chi connectivity index (χ1v) is 8.24. The highest BCUT2D eigenvalue weighted by Gasteiger charge is 2.32. The summed E-state index contributed by atoms with van der Waals surface area (Å²) >= 11 is 0. The quantitative estimate of drug-likeness (QED) is 0.656. The van der Waals surface area contributed by atoms with Crippen molar-refractivity contribution in [2.24, 2.45) is 5.73 Å². The zero-order valence-corrected chi connectivity index (χ0v) is 16.2. The molecule has 0 heterocycles. The van der Waals surface area contributed by atoms with Crippen molar-refractivity contribution < 1.29 is 32.2 Å². The van der Waals surface area contributed by atoms with Crippen molar-refractivity contribution >= 4 is 24.3 Å². The second kappa shape index (κ2) is 10.7. The molecule has 0 aliphatic rings. The minimum absolute atomic E-state index is 0. The van der Waals surface area contributed by atoms with E-state index in [0.29, 0.717) is 5.56 Å². The number of hydrogen-bond donors (Lipinski definition) is 2. The maximum atomic E-state index is 12.4. The molecule has 0 bridgehead atoms. The van der Waals surface area contributed by atoms with Gasteiger partial charge in [0, 0.05) is 12.1 Å². The first-order valence-electron chi connectivity index (χ1n) is 8.24. The molecule has 0 saturated heterocycles. The fourth-order valence-electron chi connectivity index (χ4n) is 2.43. The van der Waals surface area contributed by atoms with Gasteiger partial charge in [0.05, 0.1) is 18.7 Å². The predicted octanol–water partition coefficient (Wildman–Crippen LogP) is 2.98. The number of methoxy groups -OCH3 is 1.